The van der Waals surface area contributed by atoms with Crippen molar-refractivity contribution in [3.05, 3.63) is 0 Å². The van der Waals surface area contributed by atoms with Crippen LogP contribution < -0.4 is 0 Å². The molecule has 0 aromatic rings. The van der Waals surface area contributed by atoms with Gasteiger partial charge in [-0.15, -0.1) is 0 Å². The molecule has 0 aromatic heterocycles. The van der Waals surface area contributed by atoms with Gasteiger partial charge in [-0.2, -0.15) is 0 Å². The molecule has 3 atom stereocenters. The summed E-state index contributed by atoms with van der Waals surface area (Å²) in [6.45, 7) is 2.76. The molecule has 6 nitrogen and oxygen atoms in total. The first-order valence-corrected chi connectivity index (χ1v) is 5.37. The van der Waals surface area contributed by atoms with Crippen molar-refractivity contribution in [2.45, 2.75) is 19.1 Å². The topological polar surface area (TPSA) is 90.2 Å². The molecule has 1 fully saturated rings. The number of carbonyl (C=O) groups excluding carboxylic acids is 1. The summed E-state index contributed by atoms with van der Waals surface area (Å²) >= 11 is 0. The molecule has 1 rings (SSSR count). The molecule has 0 unspecified atom stereocenters. The zero-order chi connectivity index (χ0) is 12.1. The summed E-state index contributed by atoms with van der Waals surface area (Å²) in [6.07, 6.45) is -1.74. The average Bonchev–Trinajstić information content (AvgIpc) is 2.22. The van der Waals surface area contributed by atoms with Crippen molar-refractivity contribution in [1.29, 1.82) is 0 Å². The van der Waals surface area contributed by atoms with Gasteiger partial charge in [0.05, 0.1) is 12.2 Å². The Labute approximate surface area is 94.4 Å². The smallest absolute Gasteiger partial charge is 0.302 e. The van der Waals surface area contributed by atoms with E-state index in [0.29, 0.717) is 19.6 Å². The Kier molecular flexibility index (Phi) is 5.14. The Morgan fingerprint density at radius 3 is 2.69 bits per heavy atom. The maximum Gasteiger partial charge on any atom is 0.302 e. The Hall–Kier alpha value is -0.690. The van der Waals surface area contributed by atoms with E-state index in [-0.39, 0.29) is 25.1 Å². The van der Waals surface area contributed by atoms with Crippen LogP contribution in [0, 0.1) is 5.92 Å². The Morgan fingerprint density at radius 1 is 1.44 bits per heavy atom. The van der Waals surface area contributed by atoms with Crippen LogP contribution in [0.5, 0.6) is 0 Å². The number of nitrogens with zero attached hydrogens (tertiary/aromatic N) is 1. The molecular formula is C10H19NO5. The average molecular weight is 233 g/mol. The van der Waals surface area contributed by atoms with E-state index in [1.54, 1.807) is 0 Å². The fourth-order valence-electron chi connectivity index (χ4n) is 1.87. The van der Waals surface area contributed by atoms with Crippen LogP contribution in [0.2, 0.25) is 0 Å². The van der Waals surface area contributed by atoms with E-state index in [1.165, 1.54) is 6.92 Å². The summed E-state index contributed by atoms with van der Waals surface area (Å²) in [5.41, 5.74) is 0. The summed E-state index contributed by atoms with van der Waals surface area (Å²) in [5, 5.41) is 28.1. The number of β-amino-alcohol motifs (C(OH)–C–C–N with tert-alkyl or cyclic N) is 1. The number of rotatable bonds is 4. The number of esters is 1. The highest BCUT2D eigenvalue weighted by atomic mass is 16.5. The van der Waals surface area contributed by atoms with E-state index >= 15 is 0 Å². The van der Waals surface area contributed by atoms with Gasteiger partial charge in [-0.05, 0) is 0 Å². The summed E-state index contributed by atoms with van der Waals surface area (Å²) in [5.74, 6) is -0.683. The lowest BCUT2D eigenvalue weighted by molar-refractivity contribution is -0.142. The molecule has 0 radical (unpaired) electrons. The third-order valence-corrected chi connectivity index (χ3v) is 2.76. The van der Waals surface area contributed by atoms with Crippen LogP contribution in [0.4, 0.5) is 0 Å². The van der Waals surface area contributed by atoms with Crippen molar-refractivity contribution in [2.24, 2.45) is 5.92 Å². The third-order valence-electron chi connectivity index (χ3n) is 2.76. The van der Waals surface area contributed by atoms with Crippen LogP contribution in [-0.4, -0.2) is 71.2 Å². The molecule has 94 valence electrons. The maximum absolute atomic E-state index is 10.6. The standard InChI is InChI=1S/C10H19NO5/c1-7(13)16-3-2-11-4-8(6-12)10(15)9(14)5-11/h8-10,12,14-15H,2-6H2,1H3/t8-,9-,10-/m0/s1. The molecule has 0 aromatic carbocycles. The van der Waals surface area contributed by atoms with Gasteiger partial charge in [-0.3, -0.25) is 9.69 Å². The molecule has 1 heterocycles. The van der Waals surface area contributed by atoms with Gasteiger partial charge in [-0.1, -0.05) is 0 Å². The first kappa shape index (κ1) is 13.4. The normalized spacial score (nSPS) is 31.4. The zero-order valence-corrected chi connectivity index (χ0v) is 9.37. The number of hydrogen-bond donors (Lipinski definition) is 3. The Balaban J connectivity index is 2.35. The first-order valence-electron chi connectivity index (χ1n) is 5.37. The molecule has 0 saturated carbocycles. The second-order valence-corrected chi connectivity index (χ2v) is 4.10. The molecule has 1 saturated heterocycles. The molecule has 1 aliphatic rings. The van der Waals surface area contributed by atoms with E-state index in [0.717, 1.165) is 0 Å². The minimum absolute atomic E-state index is 0.164. The molecule has 0 spiro atoms. The SMILES string of the molecule is CC(=O)OCCN1C[C@@H](CO)[C@H](O)[C@@H](O)C1. The predicted octanol–water partition coefficient (Wildman–Crippen LogP) is -1.80. The summed E-state index contributed by atoms with van der Waals surface area (Å²) in [7, 11) is 0. The number of ether oxygens (including phenoxy) is 1. The fraction of sp³-hybridized carbons (Fsp3) is 0.900. The van der Waals surface area contributed by atoms with E-state index in [9.17, 15) is 15.0 Å². The van der Waals surface area contributed by atoms with Gasteiger partial charge in [0.15, 0.2) is 0 Å². The van der Waals surface area contributed by atoms with Gasteiger partial charge in [-0.25, -0.2) is 0 Å². The van der Waals surface area contributed by atoms with Crippen LogP contribution in [-0.2, 0) is 9.53 Å². The van der Waals surface area contributed by atoms with Crippen LogP contribution in [0.15, 0.2) is 0 Å². The number of likely N-dealkylation sites (tertiary alicyclic amines) is 1. The number of hydrogen-bond acceptors (Lipinski definition) is 6. The lowest BCUT2D eigenvalue weighted by atomic mass is 9.93. The lowest BCUT2D eigenvalue weighted by Crippen LogP contribution is -2.54. The first-order chi connectivity index (χ1) is 7.54. The van der Waals surface area contributed by atoms with E-state index in [4.69, 9.17) is 9.84 Å². The fourth-order valence-corrected chi connectivity index (χ4v) is 1.87. The van der Waals surface area contributed by atoms with Crippen LogP contribution in [0.25, 0.3) is 0 Å². The minimum atomic E-state index is -0.880. The molecule has 6 heteroatoms. The maximum atomic E-state index is 10.6. The van der Waals surface area contributed by atoms with Gasteiger partial charge >= 0.3 is 5.97 Å². The summed E-state index contributed by atoms with van der Waals surface area (Å²) in [4.78, 5) is 12.4. The Bertz CT molecular complexity index is 235. The van der Waals surface area contributed by atoms with Crippen molar-refractivity contribution in [3.8, 4) is 0 Å². The van der Waals surface area contributed by atoms with Gasteiger partial charge in [0.1, 0.15) is 6.61 Å². The lowest BCUT2D eigenvalue weighted by Gasteiger charge is -2.38. The molecule has 16 heavy (non-hydrogen) atoms. The van der Waals surface area contributed by atoms with Gasteiger partial charge in [0, 0.05) is 39.1 Å². The quantitative estimate of drug-likeness (QED) is 0.496. The number of piperidine rings is 1. The Morgan fingerprint density at radius 2 is 2.12 bits per heavy atom. The molecule has 0 bridgehead atoms. The monoisotopic (exact) mass is 233 g/mol. The number of carbonyl (C=O) groups is 1. The highest BCUT2D eigenvalue weighted by Gasteiger charge is 2.33. The highest BCUT2D eigenvalue weighted by Crippen LogP contribution is 2.17. The number of aliphatic hydroxyl groups is 3. The van der Waals surface area contributed by atoms with E-state index in [1.807, 2.05) is 4.90 Å². The summed E-state index contributed by atoms with van der Waals surface area (Å²) < 4.78 is 4.79. The van der Waals surface area contributed by atoms with Crippen molar-refractivity contribution < 1.29 is 24.9 Å². The van der Waals surface area contributed by atoms with Crippen molar-refractivity contribution in [3.63, 3.8) is 0 Å². The predicted molar refractivity (Wildman–Crippen MR) is 55.7 cm³/mol. The highest BCUT2D eigenvalue weighted by molar-refractivity contribution is 5.65. The summed E-state index contributed by atoms with van der Waals surface area (Å²) in [6, 6.07) is 0. The molecule has 0 aliphatic carbocycles. The van der Waals surface area contributed by atoms with Gasteiger partial charge in [0.25, 0.3) is 0 Å². The largest absolute Gasteiger partial charge is 0.465 e. The van der Waals surface area contributed by atoms with Crippen molar-refractivity contribution in [2.75, 3.05) is 32.8 Å². The van der Waals surface area contributed by atoms with Gasteiger partial charge < -0.3 is 20.1 Å². The second kappa shape index (κ2) is 6.15. The van der Waals surface area contributed by atoms with Crippen molar-refractivity contribution in [1.82, 2.24) is 4.90 Å². The van der Waals surface area contributed by atoms with Crippen molar-refractivity contribution >= 4 is 5.97 Å². The molecular weight excluding hydrogens is 214 g/mol. The molecule has 0 amide bonds. The van der Waals surface area contributed by atoms with Crippen LogP contribution in [0.1, 0.15) is 6.92 Å². The minimum Gasteiger partial charge on any atom is -0.465 e. The zero-order valence-electron chi connectivity index (χ0n) is 9.37. The third kappa shape index (κ3) is 3.71. The molecule has 3 N–H and O–H groups in total. The second-order valence-electron chi connectivity index (χ2n) is 4.10. The van der Waals surface area contributed by atoms with E-state index in [2.05, 4.69) is 0 Å². The van der Waals surface area contributed by atoms with Crippen LogP contribution in [0.3, 0.4) is 0 Å². The van der Waals surface area contributed by atoms with E-state index < -0.39 is 12.2 Å². The van der Waals surface area contributed by atoms with Crippen LogP contribution >= 0.6 is 0 Å². The van der Waals surface area contributed by atoms with Gasteiger partial charge in [0.2, 0.25) is 0 Å². The molecule has 1 aliphatic heterocycles. The number of aliphatic hydroxyl groups excluding tert-OH is 3.